The molecule has 0 saturated heterocycles. The fourth-order valence-electron chi connectivity index (χ4n) is 2.36. The molecule has 0 bridgehead atoms. The second kappa shape index (κ2) is 8.11. The normalized spacial score (nSPS) is 10.3. The van der Waals surface area contributed by atoms with Crippen molar-refractivity contribution in [2.75, 3.05) is 0 Å². The highest BCUT2D eigenvalue weighted by atomic mass is 19.1. The Kier molecular flexibility index (Phi) is 5.43. The van der Waals surface area contributed by atoms with Gasteiger partial charge in [-0.05, 0) is 11.1 Å². The molecule has 0 aliphatic heterocycles. The van der Waals surface area contributed by atoms with Crippen LogP contribution in [0.3, 0.4) is 0 Å². The first kappa shape index (κ1) is 17.4. The van der Waals surface area contributed by atoms with E-state index in [4.69, 9.17) is 9.47 Å². The van der Waals surface area contributed by atoms with Crippen molar-refractivity contribution in [2.24, 2.45) is 0 Å². The summed E-state index contributed by atoms with van der Waals surface area (Å²) in [5.41, 5.74) is 1.26. The molecule has 6 heteroatoms. The fourth-order valence-corrected chi connectivity index (χ4v) is 2.36. The van der Waals surface area contributed by atoms with E-state index in [-0.39, 0.29) is 24.7 Å². The summed E-state index contributed by atoms with van der Waals surface area (Å²) >= 11 is 0. The Hall–Kier alpha value is -3.41. The monoisotopic (exact) mass is 353 g/mol. The Labute approximate surface area is 149 Å². The van der Waals surface area contributed by atoms with Crippen LogP contribution in [-0.2, 0) is 13.2 Å². The molecule has 0 unspecified atom stereocenters. The summed E-state index contributed by atoms with van der Waals surface area (Å²) in [4.78, 5) is 10.5. The van der Waals surface area contributed by atoms with Crippen LogP contribution in [0.1, 0.15) is 11.1 Å². The molecule has 3 aromatic rings. The summed E-state index contributed by atoms with van der Waals surface area (Å²) in [5, 5.41) is 11.2. The van der Waals surface area contributed by atoms with Gasteiger partial charge in [-0.25, -0.2) is 4.39 Å². The van der Waals surface area contributed by atoms with Gasteiger partial charge in [0.15, 0.2) is 11.6 Å². The van der Waals surface area contributed by atoms with E-state index in [0.29, 0.717) is 0 Å². The molecule has 0 saturated carbocycles. The van der Waals surface area contributed by atoms with Gasteiger partial charge in [-0.2, -0.15) is 0 Å². The highest BCUT2D eigenvalue weighted by Gasteiger charge is 2.21. The van der Waals surface area contributed by atoms with Crippen LogP contribution < -0.4 is 9.47 Å². The lowest BCUT2D eigenvalue weighted by atomic mass is 10.2. The number of hydrogen-bond donors (Lipinski definition) is 0. The summed E-state index contributed by atoms with van der Waals surface area (Å²) in [6, 6.07) is 20.5. The highest BCUT2D eigenvalue weighted by molar-refractivity contribution is 5.51. The minimum Gasteiger partial charge on any atom is -0.486 e. The van der Waals surface area contributed by atoms with E-state index in [1.54, 1.807) is 0 Å². The summed E-state index contributed by atoms with van der Waals surface area (Å²) < 4.78 is 25.2. The van der Waals surface area contributed by atoms with Crippen molar-refractivity contribution in [3.8, 4) is 11.5 Å². The van der Waals surface area contributed by atoms with Gasteiger partial charge in [-0.3, -0.25) is 10.1 Å². The standard InChI is InChI=1S/C20H16FNO4/c21-17-11-18(22(23)24)20(26-14-16-9-5-2-6-10-16)12-19(17)25-13-15-7-3-1-4-8-15/h1-12H,13-14H2. The van der Waals surface area contributed by atoms with Crippen molar-refractivity contribution in [2.45, 2.75) is 13.2 Å². The Morgan fingerprint density at radius 3 is 1.81 bits per heavy atom. The number of nitrogens with zero attached hydrogens (tertiary/aromatic N) is 1. The minimum atomic E-state index is -0.806. The van der Waals surface area contributed by atoms with Crippen molar-refractivity contribution in [3.63, 3.8) is 0 Å². The molecular weight excluding hydrogens is 337 g/mol. The smallest absolute Gasteiger partial charge is 0.314 e. The molecule has 0 N–H and O–H groups in total. The molecule has 3 aromatic carbocycles. The zero-order valence-electron chi connectivity index (χ0n) is 13.8. The lowest BCUT2D eigenvalue weighted by Crippen LogP contribution is -2.02. The maximum atomic E-state index is 14.2. The van der Waals surface area contributed by atoms with Crippen LogP contribution >= 0.6 is 0 Å². The van der Waals surface area contributed by atoms with Gasteiger partial charge in [-0.15, -0.1) is 0 Å². The molecular formula is C20H16FNO4. The number of nitro benzene ring substituents is 1. The predicted molar refractivity (Wildman–Crippen MR) is 94.6 cm³/mol. The van der Waals surface area contributed by atoms with Crippen molar-refractivity contribution in [3.05, 3.63) is 99.9 Å². The van der Waals surface area contributed by atoms with Crippen LogP contribution in [-0.4, -0.2) is 4.92 Å². The van der Waals surface area contributed by atoms with Crippen molar-refractivity contribution in [1.82, 2.24) is 0 Å². The lowest BCUT2D eigenvalue weighted by Gasteiger charge is -2.11. The molecule has 0 amide bonds. The zero-order chi connectivity index (χ0) is 18.4. The maximum absolute atomic E-state index is 14.2. The molecule has 3 rings (SSSR count). The third kappa shape index (κ3) is 4.36. The van der Waals surface area contributed by atoms with Gasteiger partial charge in [0.2, 0.25) is 5.75 Å². The largest absolute Gasteiger partial charge is 0.486 e. The third-order valence-corrected chi connectivity index (χ3v) is 3.68. The van der Waals surface area contributed by atoms with Gasteiger partial charge in [0.1, 0.15) is 13.2 Å². The van der Waals surface area contributed by atoms with Gasteiger partial charge >= 0.3 is 5.69 Å². The number of ether oxygens (including phenoxy) is 2. The predicted octanol–water partition coefficient (Wildman–Crippen LogP) is 4.89. The van der Waals surface area contributed by atoms with Crippen LogP contribution in [0.5, 0.6) is 11.5 Å². The molecule has 5 nitrogen and oxygen atoms in total. The molecule has 0 radical (unpaired) electrons. The average molecular weight is 353 g/mol. The van der Waals surface area contributed by atoms with Crippen LogP contribution in [0.25, 0.3) is 0 Å². The Morgan fingerprint density at radius 2 is 1.31 bits per heavy atom. The first-order valence-electron chi connectivity index (χ1n) is 7.95. The lowest BCUT2D eigenvalue weighted by molar-refractivity contribution is -0.386. The molecule has 26 heavy (non-hydrogen) atoms. The summed E-state index contributed by atoms with van der Waals surface area (Å²) in [6.45, 7) is 0.277. The SMILES string of the molecule is O=[N+]([O-])c1cc(F)c(OCc2ccccc2)cc1OCc1ccccc1. The highest BCUT2D eigenvalue weighted by Crippen LogP contribution is 2.34. The Morgan fingerprint density at radius 1 is 0.808 bits per heavy atom. The molecule has 0 aromatic heterocycles. The van der Waals surface area contributed by atoms with Gasteiger partial charge in [0.05, 0.1) is 11.0 Å². The average Bonchev–Trinajstić information content (AvgIpc) is 2.67. The quantitative estimate of drug-likeness (QED) is 0.448. The number of nitro groups is 1. The molecule has 0 aliphatic carbocycles. The summed E-state index contributed by atoms with van der Waals surface area (Å²) in [7, 11) is 0. The van der Waals surface area contributed by atoms with Gasteiger partial charge in [0, 0.05) is 6.07 Å². The second-order valence-corrected chi connectivity index (χ2v) is 5.56. The zero-order valence-corrected chi connectivity index (χ0v) is 13.8. The number of benzene rings is 3. The van der Waals surface area contributed by atoms with Crippen molar-refractivity contribution in [1.29, 1.82) is 0 Å². The minimum absolute atomic E-state index is 0.0386. The van der Waals surface area contributed by atoms with E-state index in [0.717, 1.165) is 17.2 Å². The Balaban J connectivity index is 1.80. The van der Waals surface area contributed by atoms with E-state index in [1.165, 1.54) is 6.07 Å². The number of halogens is 1. The van der Waals surface area contributed by atoms with E-state index in [1.807, 2.05) is 60.7 Å². The van der Waals surface area contributed by atoms with Gasteiger partial charge in [-0.1, -0.05) is 60.7 Å². The van der Waals surface area contributed by atoms with E-state index in [2.05, 4.69) is 0 Å². The van der Waals surface area contributed by atoms with Crippen molar-refractivity contribution >= 4 is 5.69 Å². The number of rotatable bonds is 7. The molecule has 0 aliphatic rings. The first-order valence-corrected chi connectivity index (χ1v) is 7.95. The molecule has 0 fully saturated rings. The van der Waals surface area contributed by atoms with E-state index < -0.39 is 16.4 Å². The van der Waals surface area contributed by atoms with E-state index >= 15 is 0 Å². The molecule has 0 atom stereocenters. The second-order valence-electron chi connectivity index (χ2n) is 5.56. The van der Waals surface area contributed by atoms with Gasteiger partial charge < -0.3 is 9.47 Å². The van der Waals surface area contributed by atoms with Crippen LogP contribution in [0, 0.1) is 15.9 Å². The summed E-state index contributed by atoms with van der Waals surface area (Å²) in [5.74, 6) is -0.939. The molecule has 132 valence electrons. The topological polar surface area (TPSA) is 61.6 Å². The van der Waals surface area contributed by atoms with Crippen LogP contribution in [0.4, 0.5) is 10.1 Å². The van der Waals surface area contributed by atoms with Crippen LogP contribution in [0.15, 0.2) is 72.8 Å². The third-order valence-electron chi connectivity index (χ3n) is 3.68. The van der Waals surface area contributed by atoms with Crippen LogP contribution in [0.2, 0.25) is 0 Å². The fraction of sp³-hybridized carbons (Fsp3) is 0.100. The first-order chi connectivity index (χ1) is 12.6. The van der Waals surface area contributed by atoms with Gasteiger partial charge in [0.25, 0.3) is 0 Å². The summed E-state index contributed by atoms with van der Waals surface area (Å²) in [6.07, 6.45) is 0. The van der Waals surface area contributed by atoms with Crippen molar-refractivity contribution < 1.29 is 18.8 Å². The van der Waals surface area contributed by atoms with E-state index in [9.17, 15) is 14.5 Å². The molecule has 0 heterocycles. The maximum Gasteiger partial charge on any atom is 0.314 e. The number of hydrogen-bond acceptors (Lipinski definition) is 4. The Bertz CT molecular complexity index is 885. The molecule has 0 spiro atoms.